The maximum Gasteiger partial charge on any atom is 0.231 e. The molecule has 84 valence electrons. The third kappa shape index (κ3) is 2.92. The number of rotatable bonds is 4. The van der Waals surface area contributed by atoms with Crippen LogP contribution in [0.4, 0.5) is 11.9 Å². The van der Waals surface area contributed by atoms with E-state index in [1.54, 1.807) is 4.90 Å². The van der Waals surface area contributed by atoms with E-state index < -0.39 is 0 Å². The van der Waals surface area contributed by atoms with Gasteiger partial charge < -0.3 is 9.80 Å². The van der Waals surface area contributed by atoms with Crippen molar-refractivity contribution in [1.82, 2.24) is 15.0 Å². The summed E-state index contributed by atoms with van der Waals surface area (Å²) in [6.07, 6.45) is 0. The average Bonchev–Trinajstić information content (AvgIpc) is 2.18. The lowest BCUT2D eigenvalue weighted by atomic mass is 10.5. The lowest BCUT2D eigenvalue weighted by Gasteiger charge is -2.20. The van der Waals surface area contributed by atoms with E-state index in [0.29, 0.717) is 11.9 Å². The van der Waals surface area contributed by atoms with Crippen LogP contribution in [0.1, 0.15) is 13.8 Å². The molecule has 15 heavy (non-hydrogen) atoms. The first-order chi connectivity index (χ1) is 7.08. The fourth-order valence-electron chi connectivity index (χ4n) is 1.18. The van der Waals surface area contributed by atoms with Crippen molar-refractivity contribution in [2.24, 2.45) is 0 Å². The Morgan fingerprint density at radius 1 is 1.00 bits per heavy atom. The Hall–Kier alpha value is -1.10. The molecule has 0 aliphatic carbocycles. The monoisotopic (exact) mass is 229 g/mol. The summed E-state index contributed by atoms with van der Waals surface area (Å²) in [5, 5.41) is 0.232. The molecule has 0 aliphatic rings. The van der Waals surface area contributed by atoms with Gasteiger partial charge in [-0.05, 0) is 25.4 Å². The summed E-state index contributed by atoms with van der Waals surface area (Å²) >= 11 is 5.84. The van der Waals surface area contributed by atoms with Gasteiger partial charge in [0.25, 0.3) is 0 Å². The van der Waals surface area contributed by atoms with Crippen molar-refractivity contribution in [1.29, 1.82) is 0 Å². The van der Waals surface area contributed by atoms with Gasteiger partial charge in [-0.15, -0.1) is 0 Å². The third-order valence-electron chi connectivity index (χ3n) is 2.03. The van der Waals surface area contributed by atoms with Gasteiger partial charge in [-0.2, -0.15) is 15.0 Å². The molecule has 0 saturated heterocycles. The van der Waals surface area contributed by atoms with Crippen molar-refractivity contribution in [2.75, 3.05) is 37.0 Å². The van der Waals surface area contributed by atoms with Gasteiger partial charge in [-0.3, -0.25) is 0 Å². The molecule has 0 saturated carbocycles. The van der Waals surface area contributed by atoms with Gasteiger partial charge >= 0.3 is 0 Å². The molecule has 6 heteroatoms. The lowest BCUT2D eigenvalue weighted by Crippen LogP contribution is -2.25. The smallest absolute Gasteiger partial charge is 0.231 e. The molecule has 1 heterocycles. The molecule has 0 atom stereocenters. The Morgan fingerprint density at radius 3 is 2.00 bits per heavy atom. The van der Waals surface area contributed by atoms with E-state index in [-0.39, 0.29) is 5.28 Å². The van der Waals surface area contributed by atoms with Crippen LogP contribution in [-0.4, -0.2) is 42.1 Å². The topological polar surface area (TPSA) is 45.2 Å². The van der Waals surface area contributed by atoms with Crippen LogP contribution < -0.4 is 9.80 Å². The Balaban J connectivity index is 3.07. The second kappa shape index (κ2) is 5.11. The molecular weight excluding hydrogens is 214 g/mol. The minimum atomic E-state index is 0.232. The zero-order valence-electron chi connectivity index (χ0n) is 9.53. The number of anilines is 2. The number of aromatic nitrogens is 3. The maximum atomic E-state index is 5.84. The second-order valence-corrected chi connectivity index (χ2v) is 3.61. The first-order valence-electron chi connectivity index (χ1n) is 4.92. The lowest BCUT2D eigenvalue weighted by molar-refractivity contribution is 0.805. The Bertz CT molecular complexity index is 324. The van der Waals surface area contributed by atoms with Gasteiger partial charge in [0.2, 0.25) is 17.2 Å². The normalized spacial score (nSPS) is 10.2. The van der Waals surface area contributed by atoms with Crippen LogP contribution in [0.15, 0.2) is 0 Å². The van der Waals surface area contributed by atoms with Gasteiger partial charge in [-0.1, -0.05) is 0 Å². The molecule has 0 aliphatic heterocycles. The van der Waals surface area contributed by atoms with E-state index in [1.807, 2.05) is 19.0 Å². The fourth-order valence-corrected chi connectivity index (χ4v) is 1.33. The molecule has 0 radical (unpaired) electrons. The molecule has 1 aromatic heterocycles. The zero-order valence-corrected chi connectivity index (χ0v) is 10.3. The number of hydrogen-bond acceptors (Lipinski definition) is 5. The Morgan fingerprint density at radius 2 is 1.53 bits per heavy atom. The van der Waals surface area contributed by atoms with Crippen molar-refractivity contribution in [3.8, 4) is 0 Å². The van der Waals surface area contributed by atoms with E-state index in [4.69, 9.17) is 11.6 Å². The molecular formula is C9H16ClN5. The van der Waals surface area contributed by atoms with E-state index in [9.17, 15) is 0 Å². The first kappa shape index (κ1) is 12.0. The number of nitrogens with zero attached hydrogens (tertiary/aromatic N) is 5. The second-order valence-electron chi connectivity index (χ2n) is 3.27. The summed E-state index contributed by atoms with van der Waals surface area (Å²) in [7, 11) is 3.75. The summed E-state index contributed by atoms with van der Waals surface area (Å²) in [6, 6.07) is 0. The van der Waals surface area contributed by atoms with Gasteiger partial charge in [-0.25, -0.2) is 0 Å². The summed E-state index contributed by atoms with van der Waals surface area (Å²) in [5.74, 6) is 1.21. The van der Waals surface area contributed by atoms with Crippen molar-refractivity contribution in [3.05, 3.63) is 5.28 Å². The van der Waals surface area contributed by atoms with Crippen LogP contribution in [0, 0.1) is 0 Å². The molecule has 1 aromatic rings. The highest BCUT2D eigenvalue weighted by molar-refractivity contribution is 6.28. The van der Waals surface area contributed by atoms with E-state index in [2.05, 4.69) is 28.8 Å². The first-order valence-corrected chi connectivity index (χ1v) is 5.30. The molecule has 0 amide bonds. The molecule has 0 fully saturated rings. The highest BCUT2D eigenvalue weighted by atomic mass is 35.5. The van der Waals surface area contributed by atoms with Crippen molar-refractivity contribution in [3.63, 3.8) is 0 Å². The molecule has 0 aromatic carbocycles. The summed E-state index contributed by atoms with van der Waals surface area (Å²) in [6.45, 7) is 5.81. The highest BCUT2D eigenvalue weighted by Gasteiger charge is 2.10. The molecule has 0 spiro atoms. The largest absolute Gasteiger partial charge is 0.347 e. The number of hydrogen-bond donors (Lipinski definition) is 0. The van der Waals surface area contributed by atoms with Crippen LogP contribution in [0.3, 0.4) is 0 Å². The van der Waals surface area contributed by atoms with Crippen LogP contribution >= 0.6 is 11.6 Å². The zero-order chi connectivity index (χ0) is 11.4. The molecule has 0 unspecified atom stereocenters. The van der Waals surface area contributed by atoms with Gasteiger partial charge in [0, 0.05) is 27.2 Å². The summed E-state index contributed by atoms with van der Waals surface area (Å²) < 4.78 is 0. The molecule has 1 rings (SSSR count). The molecule has 0 N–H and O–H groups in total. The predicted octanol–water partition coefficient (Wildman–Crippen LogP) is 1.44. The van der Waals surface area contributed by atoms with Crippen LogP contribution in [-0.2, 0) is 0 Å². The minimum Gasteiger partial charge on any atom is -0.347 e. The van der Waals surface area contributed by atoms with Crippen molar-refractivity contribution in [2.45, 2.75) is 13.8 Å². The van der Waals surface area contributed by atoms with Gasteiger partial charge in [0.05, 0.1) is 0 Å². The fraction of sp³-hybridized carbons (Fsp3) is 0.667. The standard InChI is InChI=1S/C9H16ClN5/c1-5-15(6-2)9-12-7(10)11-8(13-9)14(3)4/h5-6H2,1-4H3. The van der Waals surface area contributed by atoms with E-state index >= 15 is 0 Å². The van der Waals surface area contributed by atoms with Crippen molar-refractivity contribution < 1.29 is 0 Å². The summed E-state index contributed by atoms with van der Waals surface area (Å²) in [5.41, 5.74) is 0. The van der Waals surface area contributed by atoms with Crippen molar-refractivity contribution >= 4 is 23.5 Å². The Kier molecular flexibility index (Phi) is 4.08. The Labute approximate surface area is 95.1 Å². The van der Waals surface area contributed by atoms with E-state index in [1.165, 1.54) is 0 Å². The quantitative estimate of drug-likeness (QED) is 0.782. The molecule has 5 nitrogen and oxygen atoms in total. The SMILES string of the molecule is CCN(CC)c1nc(Cl)nc(N(C)C)n1. The average molecular weight is 230 g/mol. The highest BCUT2D eigenvalue weighted by Crippen LogP contribution is 2.14. The van der Waals surface area contributed by atoms with Crippen LogP contribution in [0.2, 0.25) is 5.28 Å². The van der Waals surface area contributed by atoms with Gasteiger partial charge in [0.15, 0.2) is 0 Å². The van der Waals surface area contributed by atoms with Gasteiger partial charge in [0.1, 0.15) is 0 Å². The maximum absolute atomic E-state index is 5.84. The minimum absolute atomic E-state index is 0.232. The van der Waals surface area contributed by atoms with Crippen LogP contribution in [0.25, 0.3) is 0 Å². The molecule has 0 bridgehead atoms. The summed E-state index contributed by atoms with van der Waals surface area (Å²) in [4.78, 5) is 16.3. The number of halogens is 1. The van der Waals surface area contributed by atoms with Crippen LogP contribution in [0.5, 0.6) is 0 Å². The predicted molar refractivity (Wildman–Crippen MR) is 62.7 cm³/mol. The van der Waals surface area contributed by atoms with E-state index in [0.717, 1.165) is 13.1 Å². The third-order valence-corrected chi connectivity index (χ3v) is 2.20.